The van der Waals surface area contributed by atoms with Gasteiger partial charge in [-0.3, -0.25) is 4.79 Å². The highest BCUT2D eigenvalue weighted by Crippen LogP contribution is 2.36. The zero-order valence-electron chi connectivity index (χ0n) is 13.1. The van der Waals surface area contributed by atoms with Crippen molar-refractivity contribution in [1.29, 1.82) is 0 Å². The number of rotatable bonds is 7. The van der Waals surface area contributed by atoms with Crippen LogP contribution in [-0.4, -0.2) is 42.1 Å². The molecule has 0 heterocycles. The van der Waals surface area contributed by atoms with Crippen LogP contribution in [0, 0.1) is 5.92 Å². The molecule has 0 unspecified atom stereocenters. The fourth-order valence-electron chi connectivity index (χ4n) is 3.34. The molecular weight excluding hydrogens is 252 g/mol. The van der Waals surface area contributed by atoms with E-state index in [0.29, 0.717) is 12.6 Å². The van der Waals surface area contributed by atoms with Crippen molar-refractivity contribution in [3.05, 3.63) is 0 Å². The molecule has 1 amide bonds. The molecule has 4 heteroatoms. The first kappa shape index (κ1) is 15.8. The van der Waals surface area contributed by atoms with Crippen molar-refractivity contribution < 1.29 is 9.53 Å². The third-order valence-electron chi connectivity index (χ3n) is 5.12. The summed E-state index contributed by atoms with van der Waals surface area (Å²) in [6.07, 6.45) is 7.92. The molecule has 0 radical (unpaired) electrons. The Balaban J connectivity index is 1.82. The van der Waals surface area contributed by atoms with E-state index in [4.69, 9.17) is 10.5 Å². The molecule has 2 aliphatic rings. The van der Waals surface area contributed by atoms with E-state index in [2.05, 4.69) is 6.92 Å². The van der Waals surface area contributed by atoms with Crippen LogP contribution in [0.1, 0.15) is 58.8 Å². The molecule has 2 fully saturated rings. The quantitative estimate of drug-likeness (QED) is 0.779. The predicted octanol–water partition coefficient (Wildman–Crippen LogP) is 2.31. The second-order valence-electron chi connectivity index (χ2n) is 6.44. The molecule has 2 saturated carbocycles. The number of nitrogens with zero attached hydrogens (tertiary/aromatic N) is 1. The van der Waals surface area contributed by atoms with Gasteiger partial charge in [0.25, 0.3) is 0 Å². The summed E-state index contributed by atoms with van der Waals surface area (Å²) in [6, 6.07) is 0.473. The Bertz CT molecular complexity index is 320. The maximum Gasteiger partial charge on any atom is 0.248 e. The van der Waals surface area contributed by atoms with E-state index in [1.54, 1.807) is 0 Å². The fraction of sp³-hybridized carbons (Fsp3) is 0.938. The molecule has 4 nitrogen and oxygen atoms in total. The maximum atomic E-state index is 12.2. The highest BCUT2D eigenvalue weighted by Gasteiger charge is 2.37. The van der Waals surface area contributed by atoms with Crippen LogP contribution in [-0.2, 0) is 9.53 Å². The van der Waals surface area contributed by atoms with Crippen LogP contribution in [0.2, 0.25) is 0 Å². The summed E-state index contributed by atoms with van der Waals surface area (Å²) in [6.45, 7) is 5.83. The van der Waals surface area contributed by atoms with Crippen molar-refractivity contribution in [1.82, 2.24) is 4.90 Å². The third kappa shape index (κ3) is 3.73. The molecule has 2 rings (SSSR count). The highest BCUT2D eigenvalue weighted by atomic mass is 16.5. The van der Waals surface area contributed by atoms with Gasteiger partial charge in [0.05, 0.1) is 5.60 Å². The van der Waals surface area contributed by atoms with Crippen LogP contribution >= 0.6 is 0 Å². The first-order valence-electron chi connectivity index (χ1n) is 8.27. The molecule has 116 valence electrons. The van der Waals surface area contributed by atoms with Gasteiger partial charge in [-0.05, 0) is 51.4 Å². The van der Waals surface area contributed by atoms with Crippen molar-refractivity contribution in [2.75, 3.05) is 19.7 Å². The minimum atomic E-state index is -0.246. The second kappa shape index (κ2) is 6.90. The molecule has 0 aromatic carbocycles. The van der Waals surface area contributed by atoms with E-state index in [1.165, 1.54) is 19.3 Å². The number of hydrogen-bond acceptors (Lipinski definition) is 3. The standard InChI is InChI=1S/C16H30N2O2/c1-3-13-7-9-16(12-17,10-8-13)20-11-15(19)18(4-2)14-5-6-14/h13-14H,3-12,17H2,1-2H3. The Kier molecular flexibility index (Phi) is 5.44. The number of ether oxygens (including phenoxy) is 1. The van der Waals surface area contributed by atoms with E-state index in [1.807, 2.05) is 11.8 Å². The Labute approximate surface area is 123 Å². The summed E-state index contributed by atoms with van der Waals surface area (Å²) in [5.41, 5.74) is 5.70. The average molecular weight is 282 g/mol. The Morgan fingerprint density at radius 1 is 1.25 bits per heavy atom. The lowest BCUT2D eigenvalue weighted by Gasteiger charge is -2.39. The van der Waals surface area contributed by atoms with Gasteiger partial charge in [0, 0.05) is 19.1 Å². The summed E-state index contributed by atoms with van der Waals surface area (Å²) in [5.74, 6) is 0.952. The minimum Gasteiger partial charge on any atom is -0.364 e. The van der Waals surface area contributed by atoms with Crippen LogP contribution < -0.4 is 5.73 Å². The summed E-state index contributed by atoms with van der Waals surface area (Å²) < 4.78 is 6.02. The molecule has 2 N–H and O–H groups in total. The molecule has 0 aliphatic heterocycles. The van der Waals surface area contributed by atoms with Gasteiger partial charge >= 0.3 is 0 Å². The van der Waals surface area contributed by atoms with Gasteiger partial charge < -0.3 is 15.4 Å². The molecule has 0 bridgehead atoms. The maximum absolute atomic E-state index is 12.2. The van der Waals surface area contributed by atoms with Gasteiger partial charge in [0.1, 0.15) is 6.61 Å². The predicted molar refractivity (Wildman–Crippen MR) is 80.4 cm³/mol. The third-order valence-corrected chi connectivity index (χ3v) is 5.12. The molecular formula is C16H30N2O2. The van der Waals surface area contributed by atoms with Crippen LogP contribution in [0.5, 0.6) is 0 Å². The highest BCUT2D eigenvalue weighted by molar-refractivity contribution is 5.78. The number of carbonyl (C=O) groups is 1. The van der Waals surface area contributed by atoms with Crippen LogP contribution in [0.3, 0.4) is 0 Å². The number of amides is 1. The Morgan fingerprint density at radius 3 is 2.35 bits per heavy atom. The average Bonchev–Trinajstić information content (AvgIpc) is 3.31. The first-order valence-corrected chi connectivity index (χ1v) is 8.27. The molecule has 0 aromatic heterocycles. The molecule has 0 saturated heterocycles. The second-order valence-corrected chi connectivity index (χ2v) is 6.44. The van der Waals surface area contributed by atoms with Crippen LogP contribution in [0.25, 0.3) is 0 Å². The van der Waals surface area contributed by atoms with Gasteiger partial charge in [0.2, 0.25) is 5.91 Å². The van der Waals surface area contributed by atoms with Crippen molar-refractivity contribution in [3.8, 4) is 0 Å². The molecule has 2 aliphatic carbocycles. The SMILES string of the molecule is CCC1CCC(CN)(OCC(=O)N(CC)C2CC2)CC1. The van der Waals surface area contributed by atoms with Gasteiger partial charge in [-0.15, -0.1) is 0 Å². The van der Waals surface area contributed by atoms with Crippen LogP contribution in [0.15, 0.2) is 0 Å². The summed E-state index contributed by atoms with van der Waals surface area (Å²) in [5, 5.41) is 0. The molecule has 0 spiro atoms. The summed E-state index contributed by atoms with van der Waals surface area (Å²) >= 11 is 0. The van der Waals surface area contributed by atoms with Gasteiger partial charge in [-0.2, -0.15) is 0 Å². The van der Waals surface area contributed by atoms with Gasteiger partial charge in [0.15, 0.2) is 0 Å². The zero-order chi connectivity index (χ0) is 14.6. The van der Waals surface area contributed by atoms with Crippen molar-refractivity contribution in [2.24, 2.45) is 11.7 Å². The van der Waals surface area contributed by atoms with Gasteiger partial charge in [-0.1, -0.05) is 13.3 Å². The lowest BCUT2D eigenvalue weighted by atomic mass is 9.77. The topological polar surface area (TPSA) is 55.6 Å². The van der Waals surface area contributed by atoms with E-state index in [9.17, 15) is 4.79 Å². The van der Waals surface area contributed by atoms with Gasteiger partial charge in [-0.25, -0.2) is 0 Å². The number of carbonyl (C=O) groups excluding carboxylic acids is 1. The Morgan fingerprint density at radius 2 is 1.90 bits per heavy atom. The first-order chi connectivity index (χ1) is 9.64. The van der Waals surface area contributed by atoms with E-state index in [0.717, 1.165) is 38.1 Å². The van der Waals surface area contributed by atoms with Crippen molar-refractivity contribution >= 4 is 5.91 Å². The molecule has 20 heavy (non-hydrogen) atoms. The molecule has 0 aromatic rings. The number of nitrogens with two attached hydrogens (primary N) is 1. The summed E-state index contributed by atoms with van der Waals surface area (Å²) in [4.78, 5) is 14.2. The van der Waals surface area contributed by atoms with E-state index in [-0.39, 0.29) is 18.1 Å². The van der Waals surface area contributed by atoms with Crippen LogP contribution in [0.4, 0.5) is 0 Å². The van der Waals surface area contributed by atoms with E-state index < -0.39 is 0 Å². The van der Waals surface area contributed by atoms with E-state index >= 15 is 0 Å². The smallest absolute Gasteiger partial charge is 0.248 e. The largest absolute Gasteiger partial charge is 0.364 e. The summed E-state index contributed by atoms with van der Waals surface area (Å²) in [7, 11) is 0. The lowest BCUT2D eigenvalue weighted by Crippen LogP contribution is -2.47. The lowest BCUT2D eigenvalue weighted by molar-refractivity contribution is -0.146. The fourth-order valence-corrected chi connectivity index (χ4v) is 3.34. The normalized spacial score (nSPS) is 30.2. The van der Waals surface area contributed by atoms with Crippen molar-refractivity contribution in [2.45, 2.75) is 70.4 Å². The minimum absolute atomic E-state index is 0.139. The molecule has 0 atom stereocenters. The van der Waals surface area contributed by atoms with Crippen molar-refractivity contribution in [3.63, 3.8) is 0 Å². The number of likely N-dealkylation sites (N-methyl/N-ethyl adjacent to an activating group) is 1. The Hall–Kier alpha value is -0.610. The monoisotopic (exact) mass is 282 g/mol. The number of hydrogen-bond donors (Lipinski definition) is 1. The zero-order valence-corrected chi connectivity index (χ0v) is 13.1.